The van der Waals surface area contributed by atoms with Gasteiger partial charge in [-0.05, 0) is 23.8 Å². The zero-order valence-electron chi connectivity index (χ0n) is 7.79. The Balaban J connectivity index is 1.93. The third-order valence-electron chi connectivity index (χ3n) is 1.91. The zero-order valence-corrected chi connectivity index (χ0v) is 9.36. The number of carbonyl (C=O) groups is 1. The summed E-state index contributed by atoms with van der Waals surface area (Å²) in [5, 5.41) is 2.81. The SMILES string of the molecule is O=C(NCc1cc[nH]c1)c1ccc(Cl)s1. The fraction of sp³-hybridized carbons (Fsp3) is 0.100. The highest BCUT2D eigenvalue weighted by Crippen LogP contribution is 2.21. The molecule has 0 aliphatic heterocycles. The molecule has 0 aliphatic rings. The summed E-state index contributed by atoms with van der Waals surface area (Å²) in [6.07, 6.45) is 3.67. The van der Waals surface area contributed by atoms with Crippen LogP contribution in [0.4, 0.5) is 0 Å². The van der Waals surface area contributed by atoms with Gasteiger partial charge in [-0.1, -0.05) is 11.6 Å². The van der Waals surface area contributed by atoms with Gasteiger partial charge in [0.2, 0.25) is 0 Å². The lowest BCUT2D eigenvalue weighted by Crippen LogP contribution is -2.21. The maximum atomic E-state index is 11.6. The molecule has 0 atom stereocenters. The monoisotopic (exact) mass is 240 g/mol. The molecule has 0 bridgehead atoms. The van der Waals surface area contributed by atoms with Crippen LogP contribution < -0.4 is 5.32 Å². The highest BCUT2D eigenvalue weighted by Gasteiger charge is 2.07. The molecule has 0 saturated carbocycles. The van der Waals surface area contributed by atoms with E-state index in [1.807, 2.05) is 18.5 Å². The van der Waals surface area contributed by atoms with Crippen LogP contribution in [0.25, 0.3) is 0 Å². The average molecular weight is 241 g/mol. The van der Waals surface area contributed by atoms with Crippen LogP contribution in [-0.2, 0) is 6.54 Å². The number of hydrogen-bond acceptors (Lipinski definition) is 2. The number of aromatic amines is 1. The number of thiophene rings is 1. The van der Waals surface area contributed by atoms with Crippen molar-refractivity contribution in [1.29, 1.82) is 0 Å². The van der Waals surface area contributed by atoms with E-state index in [-0.39, 0.29) is 5.91 Å². The highest BCUT2D eigenvalue weighted by molar-refractivity contribution is 7.17. The van der Waals surface area contributed by atoms with Gasteiger partial charge >= 0.3 is 0 Å². The lowest BCUT2D eigenvalue weighted by molar-refractivity contribution is 0.0955. The summed E-state index contributed by atoms with van der Waals surface area (Å²) in [5.41, 5.74) is 1.05. The van der Waals surface area contributed by atoms with E-state index in [1.54, 1.807) is 12.1 Å². The van der Waals surface area contributed by atoms with E-state index in [4.69, 9.17) is 11.6 Å². The van der Waals surface area contributed by atoms with Crippen molar-refractivity contribution in [2.75, 3.05) is 0 Å². The Morgan fingerprint density at radius 1 is 1.47 bits per heavy atom. The van der Waals surface area contributed by atoms with Gasteiger partial charge in [0.15, 0.2) is 0 Å². The van der Waals surface area contributed by atoms with E-state index in [2.05, 4.69) is 10.3 Å². The molecule has 0 aliphatic carbocycles. The van der Waals surface area contributed by atoms with Gasteiger partial charge in [-0.25, -0.2) is 0 Å². The van der Waals surface area contributed by atoms with Crippen LogP contribution in [0.2, 0.25) is 4.34 Å². The third-order valence-corrected chi connectivity index (χ3v) is 3.14. The van der Waals surface area contributed by atoms with E-state index in [0.29, 0.717) is 15.8 Å². The molecule has 0 aromatic carbocycles. The van der Waals surface area contributed by atoms with Crippen LogP contribution in [0, 0.1) is 0 Å². The maximum Gasteiger partial charge on any atom is 0.261 e. The molecule has 1 amide bonds. The van der Waals surface area contributed by atoms with E-state index in [0.717, 1.165) is 5.56 Å². The molecule has 2 heterocycles. The summed E-state index contributed by atoms with van der Waals surface area (Å²) in [6.45, 7) is 0.526. The Bertz CT molecular complexity index is 450. The standard InChI is InChI=1S/C10H9ClN2OS/c11-9-2-1-8(15-9)10(14)13-6-7-3-4-12-5-7/h1-5,12H,6H2,(H,13,14). The van der Waals surface area contributed by atoms with Crippen LogP contribution in [0.3, 0.4) is 0 Å². The van der Waals surface area contributed by atoms with Crippen molar-refractivity contribution < 1.29 is 4.79 Å². The maximum absolute atomic E-state index is 11.6. The number of halogens is 1. The smallest absolute Gasteiger partial charge is 0.261 e. The molecule has 78 valence electrons. The van der Waals surface area contributed by atoms with E-state index < -0.39 is 0 Å². The minimum Gasteiger partial charge on any atom is -0.367 e. The number of aromatic nitrogens is 1. The minimum absolute atomic E-state index is 0.0897. The lowest BCUT2D eigenvalue weighted by Gasteiger charge is -2.00. The van der Waals surface area contributed by atoms with Crippen LogP contribution >= 0.6 is 22.9 Å². The molecule has 0 fully saturated rings. The first-order valence-corrected chi connectivity index (χ1v) is 5.60. The van der Waals surface area contributed by atoms with E-state index >= 15 is 0 Å². The molecule has 0 unspecified atom stereocenters. The van der Waals surface area contributed by atoms with Crippen molar-refractivity contribution in [3.63, 3.8) is 0 Å². The summed E-state index contributed by atoms with van der Waals surface area (Å²) in [6, 6.07) is 5.36. The first kappa shape index (κ1) is 10.3. The molecule has 5 heteroatoms. The topological polar surface area (TPSA) is 44.9 Å². The molecule has 15 heavy (non-hydrogen) atoms. The second kappa shape index (κ2) is 4.51. The molecule has 0 spiro atoms. The summed E-state index contributed by atoms with van der Waals surface area (Å²) in [5.74, 6) is -0.0897. The number of nitrogens with one attached hydrogen (secondary N) is 2. The summed E-state index contributed by atoms with van der Waals surface area (Å²) < 4.78 is 0.627. The highest BCUT2D eigenvalue weighted by atomic mass is 35.5. The van der Waals surface area contributed by atoms with Crippen molar-refractivity contribution in [3.05, 3.63) is 45.4 Å². The fourth-order valence-corrected chi connectivity index (χ4v) is 2.13. The second-order valence-electron chi connectivity index (χ2n) is 3.01. The van der Waals surface area contributed by atoms with Gasteiger partial charge in [-0.2, -0.15) is 0 Å². The Hall–Kier alpha value is -1.26. The summed E-state index contributed by atoms with van der Waals surface area (Å²) >= 11 is 7.02. The number of amides is 1. The number of carbonyl (C=O) groups excluding carboxylic acids is 1. The van der Waals surface area contributed by atoms with Crippen molar-refractivity contribution in [3.8, 4) is 0 Å². The van der Waals surface area contributed by atoms with Crippen LogP contribution in [0.15, 0.2) is 30.6 Å². The Kier molecular flexibility index (Phi) is 3.08. The largest absolute Gasteiger partial charge is 0.367 e. The normalized spacial score (nSPS) is 10.2. The first-order chi connectivity index (χ1) is 7.25. The number of hydrogen-bond donors (Lipinski definition) is 2. The zero-order chi connectivity index (χ0) is 10.7. The van der Waals surface area contributed by atoms with Crippen molar-refractivity contribution in [1.82, 2.24) is 10.3 Å². The number of H-pyrrole nitrogens is 1. The quantitative estimate of drug-likeness (QED) is 0.851. The minimum atomic E-state index is -0.0897. The number of rotatable bonds is 3. The van der Waals surface area contributed by atoms with Crippen LogP contribution in [0.1, 0.15) is 15.2 Å². The predicted molar refractivity (Wildman–Crippen MR) is 61.3 cm³/mol. The molecule has 2 N–H and O–H groups in total. The Morgan fingerprint density at radius 3 is 2.93 bits per heavy atom. The van der Waals surface area contributed by atoms with Crippen molar-refractivity contribution in [2.24, 2.45) is 0 Å². The Morgan fingerprint density at radius 2 is 2.33 bits per heavy atom. The Labute approximate surface area is 96.1 Å². The van der Waals surface area contributed by atoms with Crippen LogP contribution in [-0.4, -0.2) is 10.9 Å². The van der Waals surface area contributed by atoms with Gasteiger partial charge in [0.25, 0.3) is 5.91 Å². The molecule has 0 saturated heterocycles. The molecule has 2 aromatic rings. The van der Waals surface area contributed by atoms with E-state index in [9.17, 15) is 4.79 Å². The summed E-state index contributed by atoms with van der Waals surface area (Å²) in [7, 11) is 0. The van der Waals surface area contributed by atoms with Gasteiger partial charge in [0.05, 0.1) is 9.21 Å². The van der Waals surface area contributed by atoms with Crippen molar-refractivity contribution in [2.45, 2.75) is 6.54 Å². The van der Waals surface area contributed by atoms with Gasteiger partial charge in [0.1, 0.15) is 0 Å². The van der Waals surface area contributed by atoms with Crippen molar-refractivity contribution >= 4 is 28.8 Å². The average Bonchev–Trinajstić information content (AvgIpc) is 2.84. The van der Waals surface area contributed by atoms with Gasteiger partial charge in [0, 0.05) is 18.9 Å². The molecular weight excluding hydrogens is 232 g/mol. The molecule has 2 aromatic heterocycles. The van der Waals surface area contributed by atoms with Gasteiger partial charge in [-0.3, -0.25) is 4.79 Å². The molecule has 3 nitrogen and oxygen atoms in total. The third kappa shape index (κ3) is 2.61. The van der Waals surface area contributed by atoms with Gasteiger partial charge in [-0.15, -0.1) is 11.3 Å². The van der Waals surface area contributed by atoms with E-state index in [1.165, 1.54) is 11.3 Å². The molecule has 2 rings (SSSR count). The predicted octanol–water partition coefficient (Wildman–Crippen LogP) is 2.66. The van der Waals surface area contributed by atoms with Crippen LogP contribution in [0.5, 0.6) is 0 Å². The summed E-state index contributed by atoms with van der Waals surface area (Å²) in [4.78, 5) is 15.1. The molecular formula is C10H9ClN2OS. The van der Waals surface area contributed by atoms with Gasteiger partial charge < -0.3 is 10.3 Å². The lowest BCUT2D eigenvalue weighted by atomic mass is 10.3. The first-order valence-electron chi connectivity index (χ1n) is 4.41. The fourth-order valence-electron chi connectivity index (χ4n) is 1.17. The second-order valence-corrected chi connectivity index (χ2v) is 4.72. The molecule has 0 radical (unpaired) electrons.